The lowest BCUT2D eigenvalue weighted by atomic mass is 10.0. The third-order valence-corrected chi connectivity index (χ3v) is 4.00. The first-order valence-electron chi connectivity index (χ1n) is 6.08. The van der Waals surface area contributed by atoms with Crippen LogP contribution in [0.3, 0.4) is 0 Å². The normalized spacial score (nSPS) is 19.8. The van der Waals surface area contributed by atoms with Crippen LogP contribution in [0.2, 0.25) is 0 Å². The lowest BCUT2D eigenvalue weighted by Gasteiger charge is -2.25. The minimum absolute atomic E-state index is 0.295. The first-order chi connectivity index (χ1) is 10.1. The number of cyclic esters (lactones) is 1. The smallest absolute Gasteiger partial charge is 0.454 e. The zero-order valence-electron chi connectivity index (χ0n) is 11.3. The lowest BCUT2D eigenvalue weighted by Crippen LogP contribution is -2.28. The fourth-order valence-corrected chi connectivity index (χ4v) is 2.38. The van der Waals surface area contributed by atoms with Crippen LogP contribution >= 0.6 is 0 Å². The van der Waals surface area contributed by atoms with E-state index >= 15 is 0 Å². The van der Waals surface area contributed by atoms with Crippen LogP contribution in [0.4, 0.5) is 13.2 Å². The maximum atomic E-state index is 12.4. The van der Waals surface area contributed by atoms with Gasteiger partial charge in [0.25, 0.3) is 0 Å². The Morgan fingerprint density at radius 2 is 1.82 bits per heavy atom. The summed E-state index contributed by atoms with van der Waals surface area (Å²) in [6.07, 6.45) is -1.20. The summed E-state index contributed by atoms with van der Waals surface area (Å²) in [4.78, 5) is 11.7. The summed E-state index contributed by atoms with van der Waals surface area (Å²) in [5, 5.41) is 0. The first-order valence-corrected chi connectivity index (χ1v) is 7.49. The summed E-state index contributed by atoms with van der Waals surface area (Å²) >= 11 is 0. The van der Waals surface area contributed by atoms with Crippen LogP contribution in [0.5, 0.6) is 0 Å². The maximum absolute atomic E-state index is 12.4. The Kier molecular flexibility index (Phi) is 4.19. The summed E-state index contributed by atoms with van der Waals surface area (Å²) in [5.74, 6) is -1.49. The Balaban J connectivity index is 2.31. The quantitative estimate of drug-likeness (QED) is 0.482. The van der Waals surface area contributed by atoms with Gasteiger partial charge in [-0.05, 0) is 12.5 Å². The molecule has 0 radical (unpaired) electrons. The zero-order valence-corrected chi connectivity index (χ0v) is 12.1. The molecule has 120 valence electrons. The van der Waals surface area contributed by atoms with Crippen molar-refractivity contribution in [3.63, 3.8) is 0 Å². The van der Waals surface area contributed by atoms with Crippen molar-refractivity contribution in [2.24, 2.45) is 0 Å². The van der Waals surface area contributed by atoms with Crippen molar-refractivity contribution >= 4 is 16.1 Å². The third-order valence-electron chi connectivity index (χ3n) is 3.01. The van der Waals surface area contributed by atoms with E-state index in [1.165, 1.54) is 0 Å². The monoisotopic (exact) mass is 336 g/mol. The minimum atomic E-state index is -5.82. The Morgan fingerprint density at radius 3 is 2.36 bits per heavy atom. The summed E-state index contributed by atoms with van der Waals surface area (Å²) < 4.78 is 68.5. The highest BCUT2D eigenvalue weighted by atomic mass is 32.2. The van der Waals surface area contributed by atoms with Gasteiger partial charge in [0.05, 0.1) is 5.57 Å². The molecular weight excluding hydrogens is 325 g/mol. The molecule has 0 saturated heterocycles. The molecule has 22 heavy (non-hydrogen) atoms. The van der Waals surface area contributed by atoms with Gasteiger partial charge in [0.2, 0.25) is 0 Å². The molecule has 0 amide bonds. The summed E-state index contributed by atoms with van der Waals surface area (Å²) in [7, 11) is -5.82. The molecule has 0 aromatic heterocycles. The second-order valence-electron chi connectivity index (χ2n) is 4.54. The van der Waals surface area contributed by atoms with Crippen LogP contribution < -0.4 is 0 Å². The fourth-order valence-electron chi connectivity index (χ4n) is 1.82. The fraction of sp³-hybridized carbons (Fsp3) is 0.308. The highest BCUT2D eigenvalue weighted by Crippen LogP contribution is 2.36. The average molecular weight is 336 g/mol. The van der Waals surface area contributed by atoms with Gasteiger partial charge in [0.1, 0.15) is 11.9 Å². The summed E-state index contributed by atoms with van der Waals surface area (Å²) in [6, 6.07) is 8.23. The van der Waals surface area contributed by atoms with Gasteiger partial charge in [0, 0.05) is 6.42 Å². The molecule has 0 N–H and O–H groups in total. The van der Waals surface area contributed by atoms with Crippen LogP contribution in [0.25, 0.3) is 0 Å². The predicted octanol–water partition coefficient (Wildman–Crippen LogP) is 2.81. The number of hydrogen-bond acceptors (Lipinski definition) is 5. The topological polar surface area (TPSA) is 69.7 Å². The Bertz CT molecular complexity index is 707. The molecule has 1 aromatic rings. The number of carbonyl (C=O) groups is 1. The number of rotatable bonds is 3. The van der Waals surface area contributed by atoms with E-state index in [4.69, 9.17) is 4.74 Å². The van der Waals surface area contributed by atoms with Crippen LogP contribution in [-0.2, 0) is 23.8 Å². The number of ether oxygens (including phenoxy) is 1. The molecular formula is C13H11F3O5S. The van der Waals surface area contributed by atoms with E-state index in [9.17, 15) is 26.4 Å². The van der Waals surface area contributed by atoms with Crippen molar-refractivity contribution in [2.45, 2.75) is 25.0 Å². The summed E-state index contributed by atoms with van der Waals surface area (Å²) in [5.41, 5.74) is -5.35. The largest absolute Gasteiger partial charge is 0.534 e. The van der Waals surface area contributed by atoms with E-state index in [1.54, 1.807) is 30.3 Å². The van der Waals surface area contributed by atoms with E-state index < -0.39 is 33.5 Å². The van der Waals surface area contributed by atoms with Gasteiger partial charge in [-0.25, -0.2) is 4.79 Å². The molecule has 0 fully saturated rings. The van der Waals surface area contributed by atoms with E-state index in [0.29, 0.717) is 5.56 Å². The first kappa shape index (κ1) is 16.3. The number of benzene rings is 1. The molecule has 1 aliphatic heterocycles. The summed E-state index contributed by atoms with van der Waals surface area (Å²) in [6.45, 7) is 1.14. The Labute approximate surface area is 124 Å². The van der Waals surface area contributed by atoms with E-state index in [1.807, 2.05) is 0 Å². The molecule has 0 spiro atoms. The van der Waals surface area contributed by atoms with Gasteiger partial charge in [-0.3, -0.25) is 0 Å². The van der Waals surface area contributed by atoms with E-state index in [2.05, 4.69) is 4.18 Å². The van der Waals surface area contributed by atoms with E-state index in [0.717, 1.165) is 6.92 Å². The highest BCUT2D eigenvalue weighted by molar-refractivity contribution is 7.87. The van der Waals surface area contributed by atoms with Gasteiger partial charge in [-0.1, -0.05) is 30.3 Å². The molecule has 0 bridgehead atoms. The molecule has 0 unspecified atom stereocenters. The third kappa shape index (κ3) is 3.24. The van der Waals surface area contributed by atoms with Crippen LogP contribution in [0.15, 0.2) is 41.7 Å². The van der Waals surface area contributed by atoms with Crippen molar-refractivity contribution < 1.29 is 35.3 Å². The Hall–Kier alpha value is -2.03. The molecule has 5 nitrogen and oxygen atoms in total. The molecule has 9 heteroatoms. The maximum Gasteiger partial charge on any atom is 0.534 e. The standard InChI is InChI=1S/C13H11F3O5S/c1-8-10(21-22(18,19)13(14,15)16)7-11(20-12(8)17)9-5-3-2-4-6-9/h2-6,11H,7H2,1H3/t11-/m1/s1. The molecule has 1 atom stereocenters. The predicted molar refractivity (Wildman–Crippen MR) is 68.7 cm³/mol. The minimum Gasteiger partial charge on any atom is -0.454 e. The van der Waals surface area contributed by atoms with E-state index in [-0.39, 0.29) is 12.0 Å². The second-order valence-corrected chi connectivity index (χ2v) is 6.08. The Morgan fingerprint density at radius 1 is 1.23 bits per heavy atom. The second kappa shape index (κ2) is 5.64. The number of alkyl halides is 3. The molecule has 0 saturated carbocycles. The van der Waals surface area contributed by atoms with Crippen LogP contribution in [-0.4, -0.2) is 19.9 Å². The SMILES string of the molecule is CC1=C(OS(=O)(=O)C(F)(F)F)C[C@H](c2ccccc2)OC1=O. The zero-order chi connectivity index (χ0) is 16.5. The molecule has 0 aliphatic carbocycles. The molecule has 1 aromatic carbocycles. The number of hydrogen-bond donors (Lipinski definition) is 0. The van der Waals surface area contributed by atoms with Crippen LogP contribution in [0.1, 0.15) is 25.0 Å². The molecule has 1 aliphatic rings. The van der Waals surface area contributed by atoms with Crippen molar-refractivity contribution in [2.75, 3.05) is 0 Å². The number of halogens is 3. The number of carbonyl (C=O) groups excluding carboxylic acids is 1. The molecule has 2 rings (SSSR count). The van der Waals surface area contributed by atoms with Crippen molar-refractivity contribution in [3.8, 4) is 0 Å². The molecule has 1 heterocycles. The highest BCUT2D eigenvalue weighted by Gasteiger charge is 2.49. The average Bonchev–Trinajstić information content (AvgIpc) is 2.43. The van der Waals surface area contributed by atoms with Gasteiger partial charge < -0.3 is 8.92 Å². The number of esters is 1. The van der Waals surface area contributed by atoms with Crippen molar-refractivity contribution in [1.82, 2.24) is 0 Å². The van der Waals surface area contributed by atoms with Gasteiger partial charge >= 0.3 is 21.6 Å². The van der Waals surface area contributed by atoms with Gasteiger partial charge in [-0.2, -0.15) is 21.6 Å². The lowest BCUT2D eigenvalue weighted by molar-refractivity contribution is -0.147. The van der Waals surface area contributed by atoms with Crippen LogP contribution in [0, 0.1) is 0 Å². The van der Waals surface area contributed by atoms with Gasteiger partial charge in [-0.15, -0.1) is 0 Å². The van der Waals surface area contributed by atoms with Crippen molar-refractivity contribution in [1.29, 1.82) is 0 Å². The van der Waals surface area contributed by atoms with Gasteiger partial charge in [0.15, 0.2) is 0 Å². The van der Waals surface area contributed by atoms with Crippen molar-refractivity contribution in [3.05, 3.63) is 47.2 Å².